The number of aryl methyl sites for hydroxylation is 1. The summed E-state index contributed by atoms with van der Waals surface area (Å²) in [6.07, 6.45) is 1.41. The maximum atomic E-state index is 12.4. The number of methoxy groups -OCH3 is 1. The van der Waals surface area contributed by atoms with Gasteiger partial charge in [-0.15, -0.1) is 0 Å². The molecule has 0 aromatic heterocycles. The van der Waals surface area contributed by atoms with Crippen molar-refractivity contribution in [3.05, 3.63) is 53.6 Å². The minimum Gasteiger partial charge on any atom is -0.495 e. The molecule has 2 aromatic carbocycles. The molecule has 2 aromatic rings. The number of sulfonamides is 1. The van der Waals surface area contributed by atoms with Gasteiger partial charge >= 0.3 is 0 Å². The number of benzene rings is 2. The van der Waals surface area contributed by atoms with Gasteiger partial charge in [-0.25, -0.2) is 0 Å². The third-order valence-corrected chi connectivity index (χ3v) is 4.45. The Morgan fingerprint density at radius 3 is 2.62 bits per heavy atom. The fourth-order valence-corrected chi connectivity index (χ4v) is 3.13. The number of nitrogens with zero attached hydrogens (tertiary/aromatic N) is 1. The van der Waals surface area contributed by atoms with Gasteiger partial charge in [0.15, 0.2) is 0 Å². The molecule has 1 N–H and O–H groups in total. The van der Waals surface area contributed by atoms with Crippen LogP contribution in [0, 0.1) is 6.92 Å². The lowest BCUT2D eigenvalue weighted by molar-refractivity contribution is 0.340. The number of hydrogen-bond donors (Lipinski definition) is 1. The van der Waals surface area contributed by atoms with Gasteiger partial charge in [-0.3, -0.25) is 0 Å². The van der Waals surface area contributed by atoms with Gasteiger partial charge in [0.2, 0.25) is 0 Å². The molecule has 0 aliphatic heterocycles. The number of hydrogen-bond acceptors (Lipinski definition) is 5. The highest BCUT2D eigenvalue weighted by molar-refractivity contribution is 7.89. The van der Waals surface area contributed by atoms with Gasteiger partial charge in [0, 0.05) is 5.56 Å². The van der Waals surface area contributed by atoms with Crippen molar-refractivity contribution in [2.75, 3.05) is 13.7 Å². The van der Waals surface area contributed by atoms with E-state index in [-0.39, 0.29) is 10.6 Å². The number of nitrogens with one attached hydrogen (secondary N) is 1. The van der Waals surface area contributed by atoms with Crippen molar-refractivity contribution in [1.82, 2.24) is 4.83 Å². The normalized spacial score (nSPS) is 11.5. The summed E-state index contributed by atoms with van der Waals surface area (Å²) in [6, 6.07) is 12.2. The van der Waals surface area contributed by atoms with Crippen molar-refractivity contribution in [2.24, 2.45) is 5.10 Å². The standard InChI is InChI=1S/C17H20N2O4S/c1-4-23-15-8-6-5-7-14(15)12-18-19-24(20,21)17-11-13(2)9-10-16(17)22-3/h5-12,19H,4H2,1-3H3/b18-12+. The molecule has 0 radical (unpaired) electrons. The summed E-state index contributed by atoms with van der Waals surface area (Å²) in [5.74, 6) is 0.897. The summed E-state index contributed by atoms with van der Waals surface area (Å²) in [4.78, 5) is 2.24. The molecule has 7 heteroatoms. The van der Waals surface area contributed by atoms with E-state index < -0.39 is 10.0 Å². The van der Waals surface area contributed by atoms with E-state index in [4.69, 9.17) is 9.47 Å². The van der Waals surface area contributed by atoms with E-state index in [0.717, 1.165) is 5.56 Å². The molecule has 0 aliphatic carbocycles. The first kappa shape index (κ1) is 17.8. The Bertz CT molecular complexity index is 832. The lowest BCUT2D eigenvalue weighted by Crippen LogP contribution is -2.19. The number of rotatable bonds is 7. The maximum Gasteiger partial charge on any atom is 0.280 e. The second kappa shape index (κ2) is 7.83. The van der Waals surface area contributed by atoms with Crippen LogP contribution in [0.4, 0.5) is 0 Å². The quantitative estimate of drug-likeness (QED) is 0.616. The molecular weight excluding hydrogens is 328 g/mol. The topological polar surface area (TPSA) is 77.0 Å². The lowest BCUT2D eigenvalue weighted by Gasteiger charge is -2.10. The maximum absolute atomic E-state index is 12.4. The molecule has 2 rings (SSSR count). The first-order valence-corrected chi connectivity index (χ1v) is 8.87. The summed E-state index contributed by atoms with van der Waals surface area (Å²) in [6.45, 7) is 4.19. The minimum atomic E-state index is -3.83. The van der Waals surface area contributed by atoms with Gasteiger partial charge in [0.05, 0.1) is 19.9 Å². The molecule has 0 heterocycles. The van der Waals surface area contributed by atoms with Crippen LogP contribution in [0.15, 0.2) is 52.5 Å². The smallest absolute Gasteiger partial charge is 0.280 e. The molecule has 128 valence electrons. The average Bonchev–Trinajstić information content (AvgIpc) is 2.56. The monoisotopic (exact) mass is 348 g/mol. The zero-order valence-electron chi connectivity index (χ0n) is 13.8. The predicted octanol–water partition coefficient (Wildman–Crippen LogP) is 2.71. The van der Waals surface area contributed by atoms with Crippen molar-refractivity contribution in [2.45, 2.75) is 18.7 Å². The third-order valence-electron chi connectivity index (χ3n) is 3.20. The van der Waals surface area contributed by atoms with Crippen LogP contribution in [0.3, 0.4) is 0 Å². The molecule has 0 unspecified atom stereocenters. The molecule has 0 bridgehead atoms. The Balaban J connectivity index is 2.24. The van der Waals surface area contributed by atoms with E-state index in [1.54, 1.807) is 31.2 Å². The van der Waals surface area contributed by atoms with Crippen LogP contribution in [-0.2, 0) is 10.0 Å². The van der Waals surface area contributed by atoms with Crippen LogP contribution in [0.25, 0.3) is 0 Å². The Kier molecular flexibility index (Phi) is 5.81. The van der Waals surface area contributed by atoms with Gasteiger partial charge in [0.1, 0.15) is 16.4 Å². The summed E-state index contributed by atoms with van der Waals surface area (Å²) >= 11 is 0. The van der Waals surface area contributed by atoms with E-state index in [0.29, 0.717) is 17.9 Å². The SMILES string of the molecule is CCOc1ccccc1/C=N/NS(=O)(=O)c1cc(C)ccc1OC. The molecule has 0 saturated carbocycles. The van der Waals surface area contributed by atoms with Crippen LogP contribution in [0.5, 0.6) is 11.5 Å². The molecule has 0 spiro atoms. The van der Waals surface area contributed by atoms with E-state index in [2.05, 4.69) is 9.93 Å². The highest BCUT2D eigenvalue weighted by atomic mass is 32.2. The Morgan fingerprint density at radius 1 is 1.17 bits per heavy atom. The van der Waals surface area contributed by atoms with Crippen LogP contribution >= 0.6 is 0 Å². The molecule has 0 saturated heterocycles. The van der Waals surface area contributed by atoms with Crippen LogP contribution in [0.2, 0.25) is 0 Å². The Hall–Kier alpha value is -2.54. The van der Waals surface area contributed by atoms with Crippen LogP contribution in [-0.4, -0.2) is 28.3 Å². The lowest BCUT2D eigenvalue weighted by atomic mass is 10.2. The summed E-state index contributed by atoms with van der Waals surface area (Å²) in [7, 11) is -2.41. The van der Waals surface area contributed by atoms with E-state index in [1.165, 1.54) is 19.4 Å². The second-order valence-electron chi connectivity index (χ2n) is 4.98. The largest absolute Gasteiger partial charge is 0.495 e. The molecular formula is C17H20N2O4S. The van der Waals surface area contributed by atoms with Crippen molar-refractivity contribution in [3.8, 4) is 11.5 Å². The predicted molar refractivity (Wildman–Crippen MR) is 93.3 cm³/mol. The molecule has 0 atom stereocenters. The first-order chi connectivity index (χ1) is 11.5. The van der Waals surface area contributed by atoms with E-state index in [9.17, 15) is 8.42 Å². The first-order valence-electron chi connectivity index (χ1n) is 7.39. The highest BCUT2D eigenvalue weighted by Gasteiger charge is 2.18. The summed E-state index contributed by atoms with van der Waals surface area (Å²) < 4.78 is 35.4. The number of ether oxygens (including phenoxy) is 2. The molecule has 0 fully saturated rings. The Morgan fingerprint density at radius 2 is 1.92 bits per heavy atom. The van der Waals surface area contributed by atoms with Gasteiger partial charge in [-0.2, -0.15) is 18.4 Å². The van der Waals surface area contributed by atoms with Crippen molar-refractivity contribution in [3.63, 3.8) is 0 Å². The van der Waals surface area contributed by atoms with Crippen molar-refractivity contribution >= 4 is 16.2 Å². The van der Waals surface area contributed by atoms with E-state index >= 15 is 0 Å². The van der Waals surface area contributed by atoms with Crippen molar-refractivity contribution in [1.29, 1.82) is 0 Å². The van der Waals surface area contributed by atoms with Gasteiger partial charge < -0.3 is 9.47 Å². The van der Waals surface area contributed by atoms with Crippen molar-refractivity contribution < 1.29 is 17.9 Å². The Labute approximate surface area is 142 Å². The third kappa shape index (κ3) is 4.26. The van der Waals surface area contributed by atoms with Gasteiger partial charge in [-0.1, -0.05) is 18.2 Å². The fourth-order valence-electron chi connectivity index (χ4n) is 2.08. The second-order valence-corrected chi connectivity index (χ2v) is 6.61. The van der Waals surface area contributed by atoms with Gasteiger partial charge in [-0.05, 0) is 43.7 Å². The fraction of sp³-hybridized carbons (Fsp3) is 0.235. The molecule has 0 aliphatic rings. The zero-order chi connectivity index (χ0) is 17.6. The van der Waals surface area contributed by atoms with Crippen LogP contribution < -0.4 is 14.3 Å². The van der Waals surface area contributed by atoms with E-state index in [1.807, 2.05) is 19.1 Å². The highest BCUT2D eigenvalue weighted by Crippen LogP contribution is 2.24. The van der Waals surface area contributed by atoms with Crippen LogP contribution in [0.1, 0.15) is 18.1 Å². The molecule has 24 heavy (non-hydrogen) atoms. The minimum absolute atomic E-state index is 0.0419. The summed E-state index contributed by atoms with van der Waals surface area (Å²) in [5, 5.41) is 3.84. The molecule has 6 nitrogen and oxygen atoms in total. The van der Waals surface area contributed by atoms with Gasteiger partial charge in [0.25, 0.3) is 10.0 Å². The zero-order valence-corrected chi connectivity index (χ0v) is 14.6. The molecule has 0 amide bonds. The average molecular weight is 348 g/mol. The number of para-hydroxylation sites is 1. The number of hydrazone groups is 1. The summed E-state index contributed by atoms with van der Waals surface area (Å²) in [5.41, 5.74) is 1.49.